The van der Waals surface area contributed by atoms with Gasteiger partial charge in [0.15, 0.2) is 5.84 Å². The maximum absolute atomic E-state index is 14.3. The zero-order valence-corrected chi connectivity index (χ0v) is 23.9. The van der Waals surface area contributed by atoms with E-state index in [9.17, 15) is 4.79 Å². The van der Waals surface area contributed by atoms with E-state index < -0.39 is 5.66 Å². The fourth-order valence-corrected chi connectivity index (χ4v) is 6.43. The molecule has 198 valence electrons. The average molecular weight is 492 g/mol. The highest BCUT2D eigenvalue weighted by molar-refractivity contribution is 6.39. The van der Waals surface area contributed by atoms with Gasteiger partial charge >= 0.3 is 0 Å². The Hall–Kier alpha value is -2.10. The van der Waals surface area contributed by atoms with Gasteiger partial charge in [-0.3, -0.25) is 4.79 Å². The molecule has 2 aliphatic heterocycles. The molecule has 36 heavy (non-hydrogen) atoms. The molecule has 1 fully saturated rings. The highest BCUT2D eigenvalue weighted by atomic mass is 16.2. The van der Waals surface area contributed by atoms with Crippen LogP contribution in [0.3, 0.4) is 0 Å². The quantitative estimate of drug-likeness (QED) is 0.374. The van der Waals surface area contributed by atoms with Crippen molar-refractivity contribution in [3.8, 4) is 0 Å². The minimum absolute atomic E-state index is 0.0975. The van der Waals surface area contributed by atoms with E-state index in [1.807, 2.05) is 0 Å². The standard InChI is InChI=1S/C32H49N3O/c1-8-9-15-27(18-19-30(2,3)4)35-29(36)28(34-22-24-13-11-10-12-14-25(24)23-34)33-32(35)20-16-26(17-21-32)31(5,6)7/h9-13,15,26-27H,8,14,16-23H2,1-7H3/b15-9+. The number of carbonyl (C=O) groups is 1. The second-order valence-corrected chi connectivity index (χ2v) is 13.7. The van der Waals surface area contributed by atoms with E-state index in [0.717, 1.165) is 64.5 Å². The monoisotopic (exact) mass is 491 g/mol. The second kappa shape index (κ2) is 10.3. The Balaban J connectivity index is 1.65. The minimum atomic E-state index is -0.398. The summed E-state index contributed by atoms with van der Waals surface area (Å²) in [4.78, 5) is 24.2. The van der Waals surface area contributed by atoms with Crippen LogP contribution in [0, 0.1) is 16.7 Å². The molecule has 0 radical (unpaired) electrons. The lowest BCUT2D eigenvalue weighted by Crippen LogP contribution is -2.54. The lowest BCUT2D eigenvalue weighted by Gasteiger charge is -2.47. The molecule has 2 heterocycles. The zero-order valence-electron chi connectivity index (χ0n) is 23.9. The Labute approximate surface area is 220 Å². The summed E-state index contributed by atoms with van der Waals surface area (Å²) in [7, 11) is 0. The van der Waals surface area contributed by atoms with Gasteiger partial charge in [-0.15, -0.1) is 0 Å². The molecule has 0 saturated heterocycles. The van der Waals surface area contributed by atoms with Gasteiger partial charge in [0.05, 0.1) is 6.04 Å². The van der Waals surface area contributed by atoms with E-state index in [1.54, 1.807) is 0 Å². The van der Waals surface area contributed by atoms with E-state index in [0.29, 0.717) is 17.2 Å². The summed E-state index contributed by atoms with van der Waals surface area (Å²) < 4.78 is 0. The molecule has 1 amide bonds. The number of aliphatic imine (C=N–C) groups is 1. The van der Waals surface area contributed by atoms with Crippen LogP contribution in [0.25, 0.3) is 0 Å². The van der Waals surface area contributed by atoms with Gasteiger partial charge in [-0.25, -0.2) is 4.99 Å². The maximum Gasteiger partial charge on any atom is 0.291 e. The Morgan fingerprint density at radius 1 is 1.11 bits per heavy atom. The van der Waals surface area contributed by atoms with Crippen LogP contribution in [0.15, 0.2) is 52.6 Å². The van der Waals surface area contributed by atoms with Crippen molar-refractivity contribution in [1.82, 2.24) is 9.80 Å². The molecule has 0 aromatic rings. The van der Waals surface area contributed by atoms with Crippen molar-refractivity contribution in [1.29, 1.82) is 0 Å². The Morgan fingerprint density at radius 3 is 2.47 bits per heavy atom. The largest absolute Gasteiger partial charge is 0.344 e. The van der Waals surface area contributed by atoms with Crippen molar-refractivity contribution >= 4 is 11.7 Å². The molecule has 0 aromatic heterocycles. The summed E-state index contributed by atoms with van der Waals surface area (Å²) in [5.74, 6) is 1.54. The van der Waals surface area contributed by atoms with Gasteiger partial charge in [-0.05, 0) is 79.3 Å². The first-order valence-corrected chi connectivity index (χ1v) is 14.3. The molecule has 1 unspecified atom stereocenters. The van der Waals surface area contributed by atoms with Gasteiger partial charge in [-0.1, -0.05) is 84.9 Å². The SMILES string of the molecule is CC/C=C/C(CCC(C)(C)C)N1C(=O)C(N2CC3=C(CC=CC=C3)C2)=NC12CCC(C(C)(C)C)CC2. The Bertz CT molecular complexity index is 974. The summed E-state index contributed by atoms with van der Waals surface area (Å²) in [6.45, 7) is 17.8. The second-order valence-electron chi connectivity index (χ2n) is 13.7. The van der Waals surface area contributed by atoms with Gasteiger partial charge in [0.2, 0.25) is 0 Å². The Kier molecular flexibility index (Phi) is 7.74. The topological polar surface area (TPSA) is 35.9 Å². The van der Waals surface area contributed by atoms with Gasteiger partial charge in [0.25, 0.3) is 5.91 Å². The summed E-state index contributed by atoms with van der Waals surface area (Å²) in [6.07, 6.45) is 21.5. The first kappa shape index (κ1) is 26.9. The summed E-state index contributed by atoms with van der Waals surface area (Å²) in [6, 6.07) is 0.0975. The number of hydrogen-bond acceptors (Lipinski definition) is 3. The zero-order chi connectivity index (χ0) is 26.1. The minimum Gasteiger partial charge on any atom is -0.344 e. The molecule has 4 nitrogen and oxygen atoms in total. The van der Waals surface area contributed by atoms with E-state index in [-0.39, 0.29) is 17.4 Å². The smallest absolute Gasteiger partial charge is 0.291 e. The van der Waals surface area contributed by atoms with Crippen LogP contribution in [0.1, 0.15) is 99.8 Å². The van der Waals surface area contributed by atoms with Crippen molar-refractivity contribution in [2.75, 3.05) is 13.1 Å². The number of amidine groups is 1. The van der Waals surface area contributed by atoms with E-state index in [2.05, 4.69) is 94.7 Å². The number of amides is 1. The van der Waals surface area contributed by atoms with Gasteiger partial charge in [0, 0.05) is 13.1 Å². The van der Waals surface area contributed by atoms with Crippen LogP contribution in [-0.4, -0.2) is 46.3 Å². The van der Waals surface area contributed by atoms with Crippen LogP contribution in [0.2, 0.25) is 0 Å². The molecular formula is C32H49N3O. The third-order valence-corrected chi connectivity index (χ3v) is 8.70. The van der Waals surface area contributed by atoms with E-state index >= 15 is 0 Å². The van der Waals surface area contributed by atoms with E-state index in [1.165, 1.54) is 11.1 Å². The van der Waals surface area contributed by atoms with Gasteiger partial charge in [-0.2, -0.15) is 0 Å². The predicted molar refractivity (Wildman–Crippen MR) is 152 cm³/mol. The summed E-state index contributed by atoms with van der Waals surface area (Å²) in [5.41, 5.74) is 2.91. The Morgan fingerprint density at radius 2 is 1.83 bits per heavy atom. The van der Waals surface area contributed by atoms with Crippen molar-refractivity contribution in [2.24, 2.45) is 21.7 Å². The van der Waals surface area contributed by atoms with Crippen LogP contribution < -0.4 is 0 Å². The van der Waals surface area contributed by atoms with Gasteiger partial charge in [0.1, 0.15) is 5.66 Å². The highest BCUT2D eigenvalue weighted by Gasteiger charge is 2.53. The number of carbonyl (C=O) groups excluding carboxylic acids is 1. The number of hydrogen-bond donors (Lipinski definition) is 0. The molecule has 0 bridgehead atoms. The molecular weight excluding hydrogens is 442 g/mol. The highest BCUT2D eigenvalue weighted by Crippen LogP contribution is 2.48. The average Bonchev–Trinajstić information content (AvgIpc) is 3.23. The molecule has 4 heteroatoms. The van der Waals surface area contributed by atoms with Crippen molar-refractivity contribution in [3.63, 3.8) is 0 Å². The molecule has 1 spiro atoms. The first-order chi connectivity index (χ1) is 16.9. The van der Waals surface area contributed by atoms with E-state index in [4.69, 9.17) is 4.99 Å². The normalized spacial score (nSPS) is 27.9. The first-order valence-electron chi connectivity index (χ1n) is 14.3. The molecule has 2 aliphatic carbocycles. The van der Waals surface area contributed by atoms with Crippen LogP contribution in [-0.2, 0) is 4.79 Å². The molecule has 0 N–H and O–H groups in total. The number of nitrogens with zero attached hydrogens (tertiary/aromatic N) is 3. The summed E-state index contributed by atoms with van der Waals surface area (Å²) in [5, 5.41) is 0. The third kappa shape index (κ3) is 5.73. The van der Waals surface area contributed by atoms with Crippen LogP contribution in [0.4, 0.5) is 0 Å². The molecule has 1 saturated carbocycles. The van der Waals surface area contributed by atoms with Gasteiger partial charge < -0.3 is 9.80 Å². The maximum atomic E-state index is 14.3. The number of allylic oxidation sites excluding steroid dienone is 4. The lowest BCUT2D eigenvalue weighted by atomic mass is 9.69. The third-order valence-electron chi connectivity index (χ3n) is 8.70. The van der Waals surface area contributed by atoms with Crippen molar-refractivity contribution in [3.05, 3.63) is 47.6 Å². The van der Waals surface area contributed by atoms with Crippen LogP contribution in [0.5, 0.6) is 0 Å². The molecule has 4 rings (SSSR count). The van der Waals surface area contributed by atoms with Crippen molar-refractivity contribution in [2.45, 2.75) is 112 Å². The van der Waals surface area contributed by atoms with Crippen LogP contribution >= 0.6 is 0 Å². The molecule has 1 atom stereocenters. The fraction of sp³-hybridized carbons (Fsp3) is 0.688. The predicted octanol–water partition coefficient (Wildman–Crippen LogP) is 7.45. The lowest BCUT2D eigenvalue weighted by molar-refractivity contribution is -0.132. The fourth-order valence-electron chi connectivity index (χ4n) is 6.43. The molecule has 0 aromatic carbocycles. The van der Waals surface area contributed by atoms with Crippen molar-refractivity contribution < 1.29 is 4.79 Å². The number of rotatable bonds is 5. The summed E-state index contributed by atoms with van der Waals surface area (Å²) >= 11 is 0. The molecule has 4 aliphatic rings.